The van der Waals surface area contributed by atoms with E-state index in [0.717, 1.165) is 19.6 Å². The molecule has 0 spiro atoms. The van der Waals surface area contributed by atoms with Gasteiger partial charge >= 0.3 is 0 Å². The van der Waals surface area contributed by atoms with Gasteiger partial charge in [0.2, 0.25) is 0 Å². The molecule has 1 fully saturated rings. The van der Waals surface area contributed by atoms with Crippen LogP contribution in [0.1, 0.15) is 13.3 Å². The highest BCUT2D eigenvalue weighted by molar-refractivity contribution is 4.76. The van der Waals surface area contributed by atoms with Crippen LogP contribution in [0.4, 0.5) is 0 Å². The quantitative estimate of drug-likeness (QED) is 0.563. The van der Waals surface area contributed by atoms with Crippen molar-refractivity contribution < 1.29 is 9.84 Å². The van der Waals surface area contributed by atoms with Crippen LogP contribution in [0.15, 0.2) is 0 Å². The average Bonchev–Trinajstić information content (AvgIpc) is 2.05. The summed E-state index contributed by atoms with van der Waals surface area (Å²) in [5.74, 6) is 0. The molecule has 3 heteroatoms. The minimum Gasteiger partial charge on any atom is -0.391 e. The van der Waals surface area contributed by atoms with Crippen LogP contribution in [0.5, 0.6) is 0 Å². The molecule has 2 atom stereocenters. The molecule has 0 bridgehead atoms. The maximum Gasteiger partial charge on any atom is 0.0713 e. The highest BCUT2D eigenvalue weighted by Gasteiger charge is 2.19. The van der Waals surface area contributed by atoms with Crippen LogP contribution >= 0.6 is 0 Å². The average molecular weight is 145 g/mol. The van der Waals surface area contributed by atoms with Crippen LogP contribution in [0.25, 0.3) is 0 Å². The number of rotatable bonds is 2. The maximum absolute atomic E-state index is 9.34. The molecular weight excluding hydrogens is 130 g/mol. The number of nitrogens with one attached hydrogen (secondary N) is 1. The Hall–Kier alpha value is -0.120. The first-order valence-electron chi connectivity index (χ1n) is 3.83. The van der Waals surface area contributed by atoms with Crippen LogP contribution in [0.2, 0.25) is 0 Å². The molecule has 10 heavy (non-hydrogen) atoms. The standard InChI is InChI=1S/C7H15NO2/c1-2-7(9)6-5-10-4-3-8-6/h6-9H,2-5H2,1H3. The number of ether oxygens (including phenoxy) is 1. The predicted molar refractivity (Wildman–Crippen MR) is 38.9 cm³/mol. The Morgan fingerprint density at radius 3 is 3.10 bits per heavy atom. The monoisotopic (exact) mass is 145 g/mol. The van der Waals surface area contributed by atoms with Gasteiger partial charge in [-0.3, -0.25) is 0 Å². The van der Waals surface area contributed by atoms with Gasteiger partial charge in [-0.2, -0.15) is 0 Å². The van der Waals surface area contributed by atoms with E-state index in [0.29, 0.717) is 6.61 Å². The molecule has 2 unspecified atom stereocenters. The summed E-state index contributed by atoms with van der Waals surface area (Å²) in [4.78, 5) is 0. The zero-order valence-electron chi connectivity index (χ0n) is 6.34. The van der Waals surface area contributed by atoms with E-state index in [-0.39, 0.29) is 12.1 Å². The molecule has 0 aromatic heterocycles. The minimum atomic E-state index is -0.250. The van der Waals surface area contributed by atoms with Crippen molar-refractivity contribution in [2.45, 2.75) is 25.5 Å². The van der Waals surface area contributed by atoms with Crippen LogP contribution in [-0.2, 0) is 4.74 Å². The zero-order chi connectivity index (χ0) is 7.40. The highest BCUT2D eigenvalue weighted by atomic mass is 16.5. The normalized spacial score (nSPS) is 30.0. The summed E-state index contributed by atoms with van der Waals surface area (Å²) in [7, 11) is 0. The molecule has 1 aliphatic heterocycles. The van der Waals surface area contributed by atoms with Gasteiger partial charge in [0.05, 0.1) is 25.4 Å². The van der Waals surface area contributed by atoms with E-state index >= 15 is 0 Å². The van der Waals surface area contributed by atoms with Gasteiger partial charge in [-0.25, -0.2) is 0 Å². The summed E-state index contributed by atoms with van der Waals surface area (Å²) in [6.07, 6.45) is 0.543. The van der Waals surface area contributed by atoms with Crippen molar-refractivity contribution in [2.75, 3.05) is 19.8 Å². The Kier molecular flexibility index (Phi) is 3.12. The summed E-state index contributed by atoms with van der Waals surface area (Å²) in [5.41, 5.74) is 0. The second kappa shape index (κ2) is 3.91. The molecule has 1 rings (SSSR count). The molecule has 0 radical (unpaired) electrons. The Morgan fingerprint density at radius 1 is 1.80 bits per heavy atom. The molecule has 0 aliphatic carbocycles. The van der Waals surface area contributed by atoms with Gasteiger partial charge in [0, 0.05) is 6.54 Å². The molecule has 0 aromatic rings. The summed E-state index contributed by atoms with van der Waals surface area (Å²) >= 11 is 0. The fourth-order valence-corrected chi connectivity index (χ4v) is 1.12. The summed E-state index contributed by atoms with van der Waals surface area (Å²) in [6.45, 7) is 4.25. The summed E-state index contributed by atoms with van der Waals surface area (Å²) in [5, 5.41) is 12.5. The number of morpholine rings is 1. The van der Waals surface area contributed by atoms with Crippen molar-refractivity contribution in [3.05, 3.63) is 0 Å². The van der Waals surface area contributed by atoms with Crippen molar-refractivity contribution in [3.63, 3.8) is 0 Å². The lowest BCUT2D eigenvalue weighted by atomic mass is 10.1. The molecule has 0 amide bonds. The Bertz CT molecular complexity index is 91.6. The first kappa shape index (κ1) is 7.98. The third kappa shape index (κ3) is 1.94. The van der Waals surface area contributed by atoms with E-state index in [1.807, 2.05) is 6.92 Å². The van der Waals surface area contributed by atoms with Gasteiger partial charge in [-0.05, 0) is 6.42 Å². The predicted octanol–water partition coefficient (Wildman–Crippen LogP) is -0.254. The molecule has 0 saturated carbocycles. The van der Waals surface area contributed by atoms with Gasteiger partial charge in [0.15, 0.2) is 0 Å². The Balaban J connectivity index is 2.24. The van der Waals surface area contributed by atoms with E-state index in [1.165, 1.54) is 0 Å². The second-order valence-electron chi connectivity index (χ2n) is 2.61. The van der Waals surface area contributed by atoms with Crippen molar-refractivity contribution in [1.82, 2.24) is 5.32 Å². The van der Waals surface area contributed by atoms with E-state index in [1.54, 1.807) is 0 Å². The number of aliphatic hydroxyl groups excluding tert-OH is 1. The summed E-state index contributed by atoms with van der Waals surface area (Å²) in [6, 6.07) is 0.152. The lowest BCUT2D eigenvalue weighted by Gasteiger charge is -2.27. The number of hydrogen-bond donors (Lipinski definition) is 2. The third-order valence-corrected chi connectivity index (χ3v) is 1.83. The molecule has 0 aromatic carbocycles. The smallest absolute Gasteiger partial charge is 0.0713 e. The molecule has 1 aliphatic rings. The zero-order valence-corrected chi connectivity index (χ0v) is 6.34. The van der Waals surface area contributed by atoms with Gasteiger partial charge in [-0.1, -0.05) is 6.92 Å². The van der Waals surface area contributed by atoms with Crippen molar-refractivity contribution >= 4 is 0 Å². The SMILES string of the molecule is CCC(O)C1COCCN1. The second-order valence-corrected chi connectivity index (χ2v) is 2.61. The van der Waals surface area contributed by atoms with Crippen molar-refractivity contribution in [3.8, 4) is 0 Å². The number of aliphatic hydroxyl groups is 1. The van der Waals surface area contributed by atoms with Gasteiger partial charge in [-0.15, -0.1) is 0 Å². The van der Waals surface area contributed by atoms with Crippen LogP contribution in [-0.4, -0.2) is 37.0 Å². The van der Waals surface area contributed by atoms with E-state index < -0.39 is 0 Å². The molecule has 3 nitrogen and oxygen atoms in total. The highest BCUT2D eigenvalue weighted by Crippen LogP contribution is 2.01. The minimum absolute atomic E-state index is 0.152. The topological polar surface area (TPSA) is 41.5 Å². The van der Waals surface area contributed by atoms with Crippen LogP contribution in [0, 0.1) is 0 Å². The largest absolute Gasteiger partial charge is 0.391 e. The van der Waals surface area contributed by atoms with Gasteiger partial charge in [0.1, 0.15) is 0 Å². The van der Waals surface area contributed by atoms with E-state index in [2.05, 4.69) is 5.32 Å². The first-order valence-corrected chi connectivity index (χ1v) is 3.83. The molecule has 1 heterocycles. The van der Waals surface area contributed by atoms with Crippen LogP contribution in [0.3, 0.4) is 0 Å². The fraction of sp³-hybridized carbons (Fsp3) is 1.00. The van der Waals surface area contributed by atoms with E-state index in [9.17, 15) is 5.11 Å². The van der Waals surface area contributed by atoms with Crippen molar-refractivity contribution in [2.24, 2.45) is 0 Å². The lowest BCUT2D eigenvalue weighted by molar-refractivity contribution is 0.0172. The van der Waals surface area contributed by atoms with Gasteiger partial charge in [0.25, 0.3) is 0 Å². The molecule has 60 valence electrons. The fourth-order valence-electron chi connectivity index (χ4n) is 1.12. The summed E-state index contributed by atoms with van der Waals surface area (Å²) < 4.78 is 5.18. The Morgan fingerprint density at radius 2 is 2.60 bits per heavy atom. The Labute approximate surface area is 61.4 Å². The number of hydrogen-bond acceptors (Lipinski definition) is 3. The molecular formula is C7H15NO2. The van der Waals surface area contributed by atoms with Crippen molar-refractivity contribution in [1.29, 1.82) is 0 Å². The van der Waals surface area contributed by atoms with Crippen LogP contribution < -0.4 is 5.32 Å². The van der Waals surface area contributed by atoms with Gasteiger partial charge < -0.3 is 15.2 Å². The van der Waals surface area contributed by atoms with E-state index in [4.69, 9.17) is 4.74 Å². The first-order chi connectivity index (χ1) is 4.84. The molecule has 2 N–H and O–H groups in total. The maximum atomic E-state index is 9.34. The third-order valence-electron chi connectivity index (χ3n) is 1.83. The molecule has 1 saturated heterocycles. The lowest BCUT2D eigenvalue weighted by Crippen LogP contribution is -2.48.